The first kappa shape index (κ1) is 25.4. The number of sulfonamides is 1. The number of likely N-dealkylation sites (tertiary alicyclic amines) is 1. The fraction of sp³-hybridized carbons (Fsp3) is 0.379. The zero-order valence-electron chi connectivity index (χ0n) is 20.5. The monoisotopic (exact) mass is 492 g/mol. The molecule has 5 nitrogen and oxygen atoms in total. The molecule has 4 rings (SSSR count). The lowest BCUT2D eigenvalue weighted by Gasteiger charge is -2.33. The molecule has 35 heavy (non-hydrogen) atoms. The van der Waals surface area contributed by atoms with Crippen LogP contribution in [0.5, 0.6) is 5.75 Å². The van der Waals surface area contributed by atoms with Crippen molar-refractivity contribution in [2.24, 2.45) is 0 Å². The Morgan fingerprint density at radius 1 is 0.886 bits per heavy atom. The number of methoxy groups -OCH3 is 1. The summed E-state index contributed by atoms with van der Waals surface area (Å²) in [5, 5.41) is 0. The van der Waals surface area contributed by atoms with Crippen LogP contribution in [0.1, 0.15) is 48.6 Å². The van der Waals surface area contributed by atoms with E-state index >= 15 is 0 Å². The zero-order chi connectivity index (χ0) is 24.5. The molecule has 186 valence electrons. The van der Waals surface area contributed by atoms with Crippen molar-refractivity contribution in [1.82, 2.24) is 9.62 Å². The van der Waals surface area contributed by atoms with Gasteiger partial charge in [-0.2, -0.15) is 0 Å². The number of piperidine rings is 1. The summed E-state index contributed by atoms with van der Waals surface area (Å²) in [6.45, 7) is 3.64. The highest BCUT2D eigenvalue weighted by Gasteiger charge is 2.22. The Labute approximate surface area is 210 Å². The number of hydrogen-bond donors (Lipinski definition) is 1. The van der Waals surface area contributed by atoms with Crippen molar-refractivity contribution in [1.29, 1.82) is 0 Å². The van der Waals surface area contributed by atoms with Crippen LogP contribution in [0, 0.1) is 0 Å². The summed E-state index contributed by atoms with van der Waals surface area (Å²) in [6, 6.07) is 27.6. The average Bonchev–Trinajstić information content (AvgIpc) is 2.92. The fourth-order valence-electron chi connectivity index (χ4n) is 4.96. The minimum absolute atomic E-state index is 0.270. The molecule has 0 bridgehead atoms. The first-order valence-corrected chi connectivity index (χ1v) is 14.0. The summed E-state index contributed by atoms with van der Waals surface area (Å²) in [5.74, 6) is 1.75. The van der Waals surface area contributed by atoms with Gasteiger partial charge in [-0.3, -0.25) is 0 Å². The van der Waals surface area contributed by atoms with Gasteiger partial charge in [0.05, 0.1) is 12.0 Å². The quantitative estimate of drug-likeness (QED) is 0.388. The van der Waals surface area contributed by atoms with Crippen LogP contribution in [0.4, 0.5) is 0 Å². The summed E-state index contributed by atoms with van der Waals surface area (Å²) >= 11 is 0. The Morgan fingerprint density at radius 3 is 2.14 bits per heavy atom. The number of ether oxygens (including phenoxy) is 1. The average molecular weight is 493 g/mol. The lowest BCUT2D eigenvalue weighted by molar-refractivity contribution is 0.204. The zero-order valence-corrected chi connectivity index (χ0v) is 21.3. The summed E-state index contributed by atoms with van der Waals surface area (Å²) in [4.78, 5) is 2.87. The van der Waals surface area contributed by atoms with Crippen LogP contribution in [-0.4, -0.2) is 46.6 Å². The second-order valence-corrected chi connectivity index (χ2v) is 11.1. The Kier molecular flexibility index (Phi) is 8.96. The highest BCUT2D eigenvalue weighted by Crippen LogP contribution is 2.30. The third-order valence-electron chi connectivity index (χ3n) is 7.08. The highest BCUT2D eigenvalue weighted by molar-refractivity contribution is 7.89. The lowest BCUT2D eigenvalue weighted by atomic mass is 9.88. The van der Waals surface area contributed by atoms with Crippen LogP contribution < -0.4 is 9.46 Å². The van der Waals surface area contributed by atoms with E-state index in [-0.39, 0.29) is 5.92 Å². The van der Waals surface area contributed by atoms with Crippen molar-refractivity contribution in [2.45, 2.75) is 42.4 Å². The van der Waals surface area contributed by atoms with Crippen molar-refractivity contribution in [3.63, 3.8) is 0 Å². The summed E-state index contributed by atoms with van der Waals surface area (Å²) in [7, 11) is -1.83. The summed E-state index contributed by atoms with van der Waals surface area (Å²) in [5.41, 5.74) is 2.68. The Balaban J connectivity index is 1.34. The highest BCUT2D eigenvalue weighted by atomic mass is 32.2. The normalized spacial score (nSPS) is 16.1. The second-order valence-electron chi connectivity index (χ2n) is 9.28. The molecule has 0 aromatic heterocycles. The van der Waals surface area contributed by atoms with E-state index in [9.17, 15) is 8.42 Å². The van der Waals surface area contributed by atoms with Gasteiger partial charge in [0.25, 0.3) is 0 Å². The van der Waals surface area contributed by atoms with Gasteiger partial charge in [0.2, 0.25) is 10.0 Å². The molecular formula is C29H36N2O3S. The van der Waals surface area contributed by atoms with Gasteiger partial charge >= 0.3 is 0 Å². The predicted molar refractivity (Wildman–Crippen MR) is 141 cm³/mol. The summed E-state index contributed by atoms with van der Waals surface area (Å²) < 4.78 is 33.4. The number of nitrogens with zero attached hydrogens (tertiary/aromatic N) is 1. The predicted octanol–water partition coefficient (Wildman–Crippen LogP) is 5.42. The molecule has 6 heteroatoms. The molecule has 1 aliphatic rings. The van der Waals surface area contributed by atoms with E-state index in [1.165, 1.54) is 24.0 Å². The second kappa shape index (κ2) is 12.3. The van der Waals surface area contributed by atoms with Crippen LogP contribution in [-0.2, 0) is 10.0 Å². The van der Waals surface area contributed by atoms with Crippen LogP contribution >= 0.6 is 0 Å². The molecule has 1 N–H and O–H groups in total. The van der Waals surface area contributed by atoms with Crippen molar-refractivity contribution in [3.8, 4) is 5.75 Å². The topological polar surface area (TPSA) is 58.6 Å². The number of hydrogen-bond acceptors (Lipinski definition) is 4. The lowest BCUT2D eigenvalue weighted by Crippen LogP contribution is -2.34. The molecule has 0 saturated carbocycles. The van der Waals surface area contributed by atoms with E-state index in [2.05, 4.69) is 52.1 Å². The first-order valence-electron chi connectivity index (χ1n) is 12.5. The molecule has 0 spiro atoms. The fourth-order valence-corrected chi connectivity index (χ4v) is 6.03. The molecule has 3 aromatic carbocycles. The van der Waals surface area contributed by atoms with Gasteiger partial charge < -0.3 is 9.64 Å². The van der Waals surface area contributed by atoms with Crippen molar-refractivity contribution in [2.75, 3.05) is 33.3 Å². The number of nitrogens with one attached hydrogen (secondary N) is 1. The maximum absolute atomic E-state index is 12.7. The van der Waals surface area contributed by atoms with Gasteiger partial charge in [-0.25, -0.2) is 13.1 Å². The maximum atomic E-state index is 12.7. The Morgan fingerprint density at radius 2 is 1.51 bits per heavy atom. The third kappa shape index (κ3) is 7.17. The molecule has 0 amide bonds. The SMILES string of the molecule is COc1ccc(C(CCNS(=O)(=O)c2ccccc2)CCN2CCC(c3ccccc3)CC2)cc1. The van der Waals surface area contributed by atoms with E-state index in [1.54, 1.807) is 31.4 Å². The standard InChI is InChI=1S/C29H36N2O3S/c1-34-28-14-12-25(13-15-28)26(16-20-30-35(32,33)29-10-6-3-7-11-29)17-21-31-22-18-27(19-23-31)24-8-4-2-5-9-24/h2-15,26-27,30H,16-23H2,1H3. The molecule has 1 heterocycles. The van der Waals surface area contributed by atoms with E-state index in [0.29, 0.717) is 17.4 Å². The molecule has 1 saturated heterocycles. The summed E-state index contributed by atoms with van der Waals surface area (Å²) in [6.07, 6.45) is 4.12. The van der Waals surface area contributed by atoms with Gasteiger partial charge in [-0.15, -0.1) is 0 Å². The molecule has 3 aromatic rings. The molecule has 1 fully saturated rings. The van der Waals surface area contributed by atoms with Gasteiger partial charge in [0.1, 0.15) is 5.75 Å². The van der Waals surface area contributed by atoms with E-state index in [1.807, 2.05) is 18.2 Å². The minimum Gasteiger partial charge on any atom is -0.497 e. The molecule has 1 aliphatic heterocycles. The van der Waals surface area contributed by atoms with Gasteiger partial charge in [-0.1, -0.05) is 60.7 Å². The van der Waals surface area contributed by atoms with Crippen LogP contribution in [0.2, 0.25) is 0 Å². The number of benzene rings is 3. The minimum atomic E-state index is -3.50. The Bertz CT molecular complexity index is 1130. The van der Waals surface area contributed by atoms with Gasteiger partial charge in [-0.05, 0) is 92.5 Å². The molecular weight excluding hydrogens is 456 g/mol. The maximum Gasteiger partial charge on any atom is 0.240 e. The van der Waals surface area contributed by atoms with Crippen molar-refractivity contribution < 1.29 is 13.2 Å². The molecule has 0 aliphatic carbocycles. The van der Waals surface area contributed by atoms with Crippen LogP contribution in [0.25, 0.3) is 0 Å². The van der Waals surface area contributed by atoms with E-state index in [4.69, 9.17) is 4.74 Å². The Hall–Kier alpha value is -2.67. The molecule has 1 unspecified atom stereocenters. The number of rotatable bonds is 11. The van der Waals surface area contributed by atoms with E-state index < -0.39 is 10.0 Å². The molecule has 0 radical (unpaired) electrons. The third-order valence-corrected chi connectivity index (χ3v) is 8.55. The van der Waals surface area contributed by atoms with E-state index in [0.717, 1.165) is 38.2 Å². The van der Waals surface area contributed by atoms with Crippen molar-refractivity contribution in [3.05, 3.63) is 96.1 Å². The van der Waals surface area contributed by atoms with Crippen LogP contribution in [0.15, 0.2) is 89.8 Å². The smallest absolute Gasteiger partial charge is 0.240 e. The van der Waals surface area contributed by atoms with Gasteiger partial charge in [0, 0.05) is 6.54 Å². The molecule has 1 atom stereocenters. The largest absolute Gasteiger partial charge is 0.497 e. The first-order chi connectivity index (χ1) is 17.0. The van der Waals surface area contributed by atoms with Crippen LogP contribution in [0.3, 0.4) is 0 Å². The van der Waals surface area contributed by atoms with Gasteiger partial charge in [0.15, 0.2) is 0 Å². The van der Waals surface area contributed by atoms with Crippen molar-refractivity contribution >= 4 is 10.0 Å².